The van der Waals surface area contributed by atoms with Crippen molar-refractivity contribution < 1.29 is 4.39 Å². The second-order valence-electron chi connectivity index (χ2n) is 6.08. The molecule has 0 radical (unpaired) electrons. The lowest BCUT2D eigenvalue weighted by Gasteiger charge is -2.14. The summed E-state index contributed by atoms with van der Waals surface area (Å²) in [7, 11) is 0. The van der Waals surface area contributed by atoms with Gasteiger partial charge >= 0.3 is 0 Å². The van der Waals surface area contributed by atoms with Crippen LogP contribution in [0.4, 0.5) is 4.39 Å². The molecule has 0 spiro atoms. The van der Waals surface area contributed by atoms with E-state index in [1.54, 1.807) is 0 Å². The van der Waals surface area contributed by atoms with Crippen LogP contribution >= 0.6 is 0 Å². The molecule has 3 heteroatoms. The molecule has 0 saturated carbocycles. The number of nitrogens with zero attached hydrogens (tertiary/aromatic N) is 1. The number of nitrogens with one attached hydrogen (secondary N) is 1. The number of aliphatic imine (C=N–C) groups is 1. The third-order valence-electron chi connectivity index (χ3n) is 3.64. The van der Waals surface area contributed by atoms with Crippen LogP contribution in [-0.2, 0) is 0 Å². The molecule has 0 unspecified atom stereocenters. The Balaban J connectivity index is 4.18. The maximum absolute atomic E-state index is 13.5. The quantitative estimate of drug-likeness (QED) is 0.235. The molecule has 0 aromatic carbocycles. The molecule has 0 fully saturated rings. The number of allylic oxidation sites excluding steroid dienone is 3. The highest BCUT2D eigenvalue weighted by Crippen LogP contribution is 2.12. The van der Waals surface area contributed by atoms with E-state index in [1.165, 1.54) is 0 Å². The molecule has 1 N–H and O–H groups in total. The number of hydrogen-bond acceptors (Lipinski definition) is 2. The zero-order valence-corrected chi connectivity index (χ0v) is 16.1. The van der Waals surface area contributed by atoms with E-state index in [-0.39, 0.29) is 18.3 Å². The van der Waals surface area contributed by atoms with Crippen LogP contribution in [0.3, 0.4) is 0 Å². The zero-order valence-electron chi connectivity index (χ0n) is 16.1. The van der Waals surface area contributed by atoms with E-state index in [9.17, 15) is 4.39 Å². The molecule has 0 aliphatic rings. The minimum absolute atomic E-state index is 0.0932. The summed E-state index contributed by atoms with van der Waals surface area (Å²) in [6, 6.07) is 0.255. The molecule has 0 heterocycles. The van der Waals surface area contributed by atoms with Crippen LogP contribution in [0.25, 0.3) is 0 Å². The molecule has 0 aliphatic carbocycles. The minimum Gasteiger partial charge on any atom is -0.385 e. The van der Waals surface area contributed by atoms with Crippen molar-refractivity contribution in [3.8, 4) is 11.8 Å². The van der Waals surface area contributed by atoms with Crippen LogP contribution in [0.5, 0.6) is 0 Å². The summed E-state index contributed by atoms with van der Waals surface area (Å²) >= 11 is 0. The summed E-state index contributed by atoms with van der Waals surface area (Å²) in [5.74, 6) is 5.82. The smallest absolute Gasteiger partial charge is 0.111 e. The Morgan fingerprint density at radius 3 is 2.38 bits per heavy atom. The first-order valence-electron chi connectivity index (χ1n) is 8.82. The van der Waals surface area contributed by atoms with Gasteiger partial charge in [0.25, 0.3) is 0 Å². The van der Waals surface area contributed by atoms with E-state index in [0.717, 1.165) is 54.8 Å². The summed E-state index contributed by atoms with van der Waals surface area (Å²) in [5, 5.41) is 3.27. The van der Waals surface area contributed by atoms with E-state index >= 15 is 0 Å². The van der Waals surface area contributed by atoms with Crippen molar-refractivity contribution in [3.05, 3.63) is 35.8 Å². The highest BCUT2D eigenvalue weighted by atomic mass is 19.1. The maximum Gasteiger partial charge on any atom is 0.111 e. The van der Waals surface area contributed by atoms with Gasteiger partial charge in [-0.2, -0.15) is 0 Å². The van der Waals surface area contributed by atoms with Crippen molar-refractivity contribution in [3.63, 3.8) is 0 Å². The van der Waals surface area contributed by atoms with E-state index in [2.05, 4.69) is 56.1 Å². The number of halogens is 1. The fourth-order valence-corrected chi connectivity index (χ4v) is 1.96. The molecule has 0 rings (SSSR count). The van der Waals surface area contributed by atoms with Crippen molar-refractivity contribution in [1.29, 1.82) is 0 Å². The number of unbranched alkanes of at least 4 members (excludes halogenated alkanes) is 1. The molecule has 0 atom stereocenters. The number of rotatable bonds is 10. The van der Waals surface area contributed by atoms with Crippen molar-refractivity contribution in [1.82, 2.24) is 5.32 Å². The molecular formula is C21H33FN2. The van der Waals surface area contributed by atoms with Crippen molar-refractivity contribution >= 4 is 5.71 Å². The monoisotopic (exact) mass is 332 g/mol. The minimum atomic E-state index is -0.0932. The van der Waals surface area contributed by atoms with Crippen LogP contribution in [0.15, 0.2) is 40.8 Å². The molecule has 24 heavy (non-hydrogen) atoms. The highest BCUT2D eigenvalue weighted by molar-refractivity contribution is 6.02. The molecule has 0 aromatic heterocycles. The van der Waals surface area contributed by atoms with Gasteiger partial charge in [0.15, 0.2) is 0 Å². The van der Waals surface area contributed by atoms with E-state index in [4.69, 9.17) is 0 Å². The lowest BCUT2D eigenvalue weighted by molar-refractivity contribution is 0.603. The third kappa shape index (κ3) is 9.35. The first kappa shape index (κ1) is 22.2. The van der Waals surface area contributed by atoms with Crippen LogP contribution in [0.2, 0.25) is 0 Å². The molecule has 0 bridgehead atoms. The second-order valence-corrected chi connectivity index (χ2v) is 6.08. The Hall–Kier alpha value is -1.82. The van der Waals surface area contributed by atoms with E-state index < -0.39 is 0 Å². The SMILES string of the molecule is C=C(NCCCC#CC/C(F)=C(/C)CC)C(=C)C(CC)=NC(C)C. The Bertz CT molecular complexity index is 542. The highest BCUT2D eigenvalue weighted by Gasteiger charge is 2.07. The lowest BCUT2D eigenvalue weighted by atomic mass is 10.1. The van der Waals surface area contributed by atoms with Gasteiger partial charge < -0.3 is 5.32 Å². The topological polar surface area (TPSA) is 24.4 Å². The van der Waals surface area contributed by atoms with Gasteiger partial charge in [-0.15, -0.1) is 5.92 Å². The second kappa shape index (κ2) is 12.6. The van der Waals surface area contributed by atoms with Gasteiger partial charge in [-0.05, 0) is 45.6 Å². The Kier molecular flexibility index (Phi) is 11.6. The molecular weight excluding hydrogens is 299 g/mol. The van der Waals surface area contributed by atoms with Crippen molar-refractivity contribution in [2.45, 2.75) is 72.8 Å². The Morgan fingerprint density at radius 2 is 1.83 bits per heavy atom. The summed E-state index contributed by atoms with van der Waals surface area (Å²) in [5.41, 5.74) is 3.47. The number of hydrogen-bond donors (Lipinski definition) is 1. The predicted octanol–water partition coefficient (Wildman–Crippen LogP) is 5.73. The average Bonchev–Trinajstić information content (AvgIpc) is 2.56. The van der Waals surface area contributed by atoms with Gasteiger partial charge in [-0.3, -0.25) is 4.99 Å². The summed E-state index contributed by atoms with van der Waals surface area (Å²) in [6.07, 6.45) is 3.44. The van der Waals surface area contributed by atoms with Crippen molar-refractivity contribution in [2.24, 2.45) is 4.99 Å². The van der Waals surface area contributed by atoms with Gasteiger partial charge in [0, 0.05) is 36.0 Å². The van der Waals surface area contributed by atoms with Gasteiger partial charge in [0.05, 0.1) is 6.42 Å². The summed E-state index contributed by atoms with van der Waals surface area (Å²) in [6.45, 7) is 18.8. The molecule has 0 amide bonds. The normalized spacial score (nSPS) is 12.4. The molecule has 0 aliphatic heterocycles. The first-order valence-corrected chi connectivity index (χ1v) is 8.82. The largest absolute Gasteiger partial charge is 0.385 e. The fourth-order valence-electron chi connectivity index (χ4n) is 1.96. The maximum atomic E-state index is 13.5. The first-order chi connectivity index (χ1) is 11.3. The van der Waals surface area contributed by atoms with Crippen LogP contribution < -0.4 is 5.32 Å². The molecule has 2 nitrogen and oxygen atoms in total. The lowest BCUT2D eigenvalue weighted by Crippen LogP contribution is -2.19. The van der Waals surface area contributed by atoms with Gasteiger partial charge in [-0.25, -0.2) is 4.39 Å². The fraction of sp³-hybridized carbons (Fsp3) is 0.571. The standard InChI is InChI=1S/C21H33FN2/c1-8-17(5)20(22)14-12-10-11-13-15-23-19(7)18(6)21(9-2)24-16(3)4/h16,23H,6-9,11,13-15H2,1-5H3/b20-17+,24-21?. The van der Waals surface area contributed by atoms with Crippen LogP contribution in [0, 0.1) is 11.8 Å². The van der Waals surface area contributed by atoms with E-state index in [1.807, 2.05) is 13.8 Å². The third-order valence-corrected chi connectivity index (χ3v) is 3.64. The zero-order chi connectivity index (χ0) is 18.5. The van der Waals surface area contributed by atoms with Crippen LogP contribution in [0.1, 0.15) is 66.7 Å². The Labute approximate surface area is 148 Å². The average molecular weight is 333 g/mol. The van der Waals surface area contributed by atoms with Gasteiger partial charge in [0.1, 0.15) is 5.83 Å². The van der Waals surface area contributed by atoms with Gasteiger partial charge in [-0.1, -0.05) is 32.9 Å². The van der Waals surface area contributed by atoms with E-state index in [0.29, 0.717) is 0 Å². The van der Waals surface area contributed by atoms with Crippen molar-refractivity contribution in [2.75, 3.05) is 6.54 Å². The Morgan fingerprint density at radius 1 is 1.17 bits per heavy atom. The molecule has 134 valence electrons. The molecule has 0 saturated heterocycles. The summed E-state index contributed by atoms with van der Waals surface area (Å²) < 4.78 is 13.5. The summed E-state index contributed by atoms with van der Waals surface area (Å²) in [4.78, 5) is 4.58. The van der Waals surface area contributed by atoms with Gasteiger partial charge in [0.2, 0.25) is 0 Å². The molecule has 0 aromatic rings. The predicted molar refractivity (Wildman–Crippen MR) is 105 cm³/mol. The van der Waals surface area contributed by atoms with Crippen LogP contribution in [-0.4, -0.2) is 18.3 Å².